The molecule has 0 aliphatic carbocycles. The molecule has 2 rings (SSSR count). The van der Waals surface area contributed by atoms with E-state index < -0.39 is 0 Å². The Labute approximate surface area is 128 Å². The summed E-state index contributed by atoms with van der Waals surface area (Å²) in [6, 6.07) is 8.75. The number of allylic oxidation sites excluding steroid dienone is 4. The predicted molar refractivity (Wildman–Crippen MR) is 92.7 cm³/mol. The Morgan fingerprint density at radius 2 is 2.10 bits per heavy atom. The molecule has 2 nitrogen and oxygen atoms in total. The molecule has 0 atom stereocenters. The summed E-state index contributed by atoms with van der Waals surface area (Å²) in [6.07, 6.45) is 9.65. The topological polar surface area (TPSA) is 15.3 Å². The highest BCUT2D eigenvalue weighted by Gasteiger charge is 2.19. The second-order valence-corrected chi connectivity index (χ2v) is 5.35. The molecular weight excluding hydrogens is 256 g/mol. The van der Waals surface area contributed by atoms with Gasteiger partial charge in [0.1, 0.15) is 0 Å². The molecule has 112 valence electrons. The van der Waals surface area contributed by atoms with Gasteiger partial charge in [-0.25, -0.2) is 0 Å². The average Bonchev–Trinajstić information content (AvgIpc) is 2.66. The van der Waals surface area contributed by atoms with E-state index in [1.807, 2.05) is 13.1 Å². The summed E-state index contributed by atoms with van der Waals surface area (Å²) in [4.78, 5) is 2.43. The number of hydrogen-bond donors (Lipinski definition) is 1. The van der Waals surface area contributed by atoms with E-state index in [4.69, 9.17) is 0 Å². The van der Waals surface area contributed by atoms with Crippen molar-refractivity contribution in [3.63, 3.8) is 0 Å². The number of aryl methyl sites for hydroxylation is 1. The molecule has 0 spiro atoms. The monoisotopic (exact) mass is 282 g/mol. The van der Waals surface area contributed by atoms with Crippen LogP contribution in [0.5, 0.6) is 0 Å². The average molecular weight is 282 g/mol. The SMILES string of the molecule is C=CC1=C(/C=C\C)CCc2ccccc2N1CCCNC. The first-order valence-corrected chi connectivity index (χ1v) is 7.80. The maximum Gasteiger partial charge on any atom is 0.0443 e. The number of benzene rings is 1. The fourth-order valence-electron chi connectivity index (χ4n) is 2.95. The molecule has 0 fully saturated rings. The van der Waals surface area contributed by atoms with Crippen LogP contribution in [-0.4, -0.2) is 20.1 Å². The van der Waals surface area contributed by atoms with Crippen LogP contribution in [0.4, 0.5) is 5.69 Å². The Kier molecular flexibility index (Phi) is 5.82. The van der Waals surface area contributed by atoms with Crippen molar-refractivity contribution in [2.75, 3.05) is 25.0 Å². The zero-order chi connectivity index (χ0) is 15.1. The molecule has 0 amide bonds. The van der Waals surface area contributed by atoms with Crippen molar-refractivity contribution in [3.05, 3.63) is 65.9 Å². The van der Waals surface area contributed by atoms with E-state index in [0.29, 0.717) is 0 Å². The predicted octanol–water partition coefficient (Wildman–Crippen LogP) is 4.06. The minimum atomic E-state index is 1.01. The van der Waals surface area contributed by atoms with Gasteiger partial charge >= 0.3 is 0 Å². The van der Waals surface area contributed by atoms with Gasteiger partial charge in [0.05, 0.1) is 0 Å². The van der Waals surface area contributed by atoms with Gasteiger partial charge in [0.15, 0.2) is 0 Å². The number of para-hydroxylation sites is 1. The summed E-state index contributed by atoms with van der Waals surface area (Å²) in [6.45, 7) is 8.19. The van der Waals surface area contributed by atoms with Gasteiger partial charge in [0.25, 0.3) is 0 Å². The summed E-state index contributed by atoms with van der Waals surface area (Å²) in [7, 11) is 2.01. The van der Waals surface area contributed by atoms with Crippen molar-refractivity contribution in [1.29, 1.82) is 0 Å². The van der Waals surface area contributed by atoms with E-state index in [2.05, 4.69) is 60.1 Å². The molecule has 0 bridgehead atoms. The minimum Gasteiger partial charge on any atom is -0.341 e. The quantitative estimate of drug-likeness (QED) is 0.791. The molecular formula is C19H26N2. The zero-order valence-electron chi connectivity index (χ0n) is 13.2. The molecule has 0 unspecified atom stereocenters. The van der Waals surface area contributed by atoms with Crippen molar-refractivity contribution >= 4 is 5.69 Å². The van der Waals surface area contributed by atoms with Crippen LogP contribution in [0.3, 0.4) is 0 Å². The molecule has 21 heavy (non-hydrogen) atoms. The maximum atomic E-state index is 4.06. The van der Waals surface area contributed by atoms with Gasteiger partial charge in [0, 0.05) is 17.9 Å². The third-order valence-corrected chi connectivity index (χ3v) is 3.94. The largest absolute Gasteiger partial charge is 0.341 e. The Morgan fingerprint density at radius 1 is 1.29 bits per heavy atom. The van der Waals surface area contributed by atoms with Crippen molar-refractivity contribution in [3.8, 4) is 0 Å². The first-order chi connectivity index (χ1) is 10.3. The highest BCUT2D eigenvalue weighted by molar-refractivity contribution is 5.63. The molecule has 0 radical (unpaired) electrons. The van der Waals surface area contributed by atoms with E-state index in [1.165, 1.54) is 22.5 Å². The lowest BCUT2D eigenvalue weighted by Gasteiger charge is -2.27. The van der Waals surface area contributed by atoms with E-state index in [-0.39, 0.29) is 0 Å². The fourth-order valence-corrected chi connectivity index (χ4v) is 2.95. The second-order valence-electron chi connectivity index (χ2n) is 5.35. The normalized spacial score (nSPS) is 15.2. The molecule has 1 aromatic rings. The second kappa shape index (κ2) is 7.84. The van der Waals surface area contributed by atoms with Crippen molar-refractivity contribution in [2.24, 2.45) is 0 Å². The minimum absolute atomic E-state index is 1.01. The van der Waals surface area contributed by atoms with Gasteiger partial charge in [-0.15, -0.1) is 0 Å². The highest BCUT2D eigenvalue weighted by Crippen LogP contribution is 2.32. The van der Waals surface area contributed by atoms with Crippen molar-refractivity contribution < 1.29 is 0 Å². The summed E-state index contributed by atoms with van der Waals surface area (Å²) in [5.74, 6) is 0. The first-order valence-electron chi connectivity index (χ1n) is 7.80. The van der Waals surface area contributed by atoms with Crippen LogP contribution < -0.4 is 10.2 Å². The van der Waals surface area contributed by atoms with Gasteiger partial charge in [-0.3, -0.25) is 0 Å². The molecule has 1 heterocycles. The summed E-state index contributed by atoms with van der Waals surface area (Å²) >= 11 is 0. The van der Waals surface area contributed by atoms with Crippen LogP contribution in [0.25, 0.3) is 0 Å². The number of hydrogen-bond acceptors (Lipinski definition) is 2. The van der Waals surface area contributed by atoms with Crippen LogP contribution in [0.2, 0.25) is 0 Å². The Bertz CT molecular complexity index is 540. The molecule has 1 aliphatic rings. The van der Waals surface area contributed by atoms with Crippen LogP contribution >= 0.6 is 0 Å². The number of nitrogens with zero attached hydrogens (tertiary/aromatic N) is 1. The molecule has 1 aromatic carbocycles. The number of nitrogens with one attached hydrogen (secondary N) is 1. The molecule has 0 saturated heterocycles. The lowest BCUT2D eigenvalue weighted by Crippen LogP contribution is -2.26. The lowest BCUT2D eigenvalue weighted by atomic mass is 10.0. The smallest absolute Gasteiger partial charge is 0.0443 e. The maximum absolute atomic E-state index is 4.06. The lowest BCUT2D eigenvalue weighted by molar-refractivity contribution is 0.715. The standard InChI is InChI=1S/C19H26N2/c1-4-9-16-12-13-17-10-6-7-11-19(17)21(18(16)5-2)15-8-14-20-3/h4-7,9-11,20H,2,8,12-15H2,1,3H3/b9-4-. The van der Waals surface area contributed by atoms with Crippen molar-refractivity contribution in [1.82, 2.24) is 5.32 Å². The van der Waals surface area contributed by atoms with Crippen LogP contribution in [-0.2, 0) is 6.42 Å². The number of anilines is 1. The summed E-state index contributed by atoms with van der Waals surface area (Å²) < 4.78 is 0. The van der Waals surface area contributed by atoms with Gasteiger partial charge < -0.3 is 10.2 Å². The fraction of sp³-hybridized carbons (Fsp3) is 0.368. The van der Waals surface area contributed by atoms with Crippen LogP contribution in [0.1, 0.15) is 25.3 Å². The van der Waals surface area contributed by atoms with Crippen LogP contribution in [0.15, 0.2) is 60.3 Å². The van der Waals surface area contributed by atoms with E-state index in [0.717, 1.165) is 32.4 Å². The number of fused-ring (bicyclic) bond motifs is 1. The van der Waals surface area contributed by atoms with Crippen molar-refractivity contribution in [2.45, 2.75) is 26.2 Å². The molecule has 2 heteroatoms. The molecule has 0 saturated carbocycles. The van der Waals surface area contributed by atoms with E-state index in [9.17, 15) is 0 Å². The third-order valence-electron chi connectivity index (χ3n) is 3.94. The summed E-state index contributed by atoms with van der Waals surface area (Å²) in [5, 5.41) is 3.23. The zero-order valence-corrected chi connectivity index (χ0v) is 13.2. The highest BCUT2D eigenvalue weighted by atomic mass is 15.1. The summed E-state index contributed by atoms with van der Waals surface area (Å²) in [5.41, 5.74) is 5.41. The Morgan fingerprint density at radius 3 is 2.81 bits per heavy atom. The molecule has 1 aliphatic heterocycles. The van der Waals surface area contributed by atoms with E-state index >= 15 is 0 Å². The van der Waals surface area contributed by atoms with E-state index in [1.54, 1.807) is 0 Å². The van der Waals surface area contributed by atoms with Gasteiger partial charge in [-0.1, -0.05) is 36.9 Å². The van der Waals surface area contributed by atoms with Gasteiger partial charge in [-0.2, -0.15) is 0 Å². The molecule has 1 N–H and O–H groups in total. The first kappa shape index (κ1) is 15.6. The Hall–Kier alpha value is -1.80. The van der Waals surface area contributed by atoms with Gasteiger partial charge in [0.2, 0.25) is 0 Å². The molecule has 0 aromatic heterocycles. The number of rotatable bonds is 6. The third kappa shape index (κ3) is 3.64. The van der Waals surface area contributed by atoms with Crippen LogP contribution in [0, 0.1) is 0 Å². The van der Waals surface area contributed by atoms with Gasteiger partial charge in [-0.05, 0) is 63.1 Å². The Balaban J connectivity index is 2.42.